The second kappa shape index (κ2) is 7.50. The van der Waals surface area contributed by atoms with Crippen LogP contribution in [0.4, 0.5) is 0 Å². The number of rotatable bonds is 3. The lowest BCUT2D eigenvalue weighted by Crippen LogP contribution is -2.02. The average molecular weight is 411 g/mol. The van der Waals surface area contributed by atoms with Crippen LogP contribution in [0.1, 0.15) is 34.2 Å². The number of fused-ring (bicyclic) bond motifs is 3. The number of hydrogen-bond donors (Lipinski definition) is 0. The maximum absolute atomic E-state index is 2.38. The van der Waals surface area contributed by atoms with Gasteiger partial charge in [-0.05, 0) is 87.9 Å². The molecule has 0 unspecified atom stereocenters. The van der Waals surface area contributed by atoms with Gasteiger partial charge in [0.2, 0.25) is 0 Å². The normalized spacial score (nSPS) is 13.8. The standard InChI is InChI=1S/C32H26/c1-21-17-18-27-26(19-21)20-28-29(23-15-9-10-16-23)22(2)30(24-11-5-3-6-12-24)31(32(27)28)25-13-7-4-8-14-25/h3-15,17-19H,16,20H2,1-2H3. The molecular weight excluding hydrogens is 384 g/mol. The highest BCUT2D eigenvalue weighted by molar-refractivity contribution is 6.03. The molecule has 0 radical (unpaired) electrons. The van der Waals surface area contributed by atoms with Gasteiger partial charge in [0.15, 0.2) is 0 Å². The van der Waals surface area contributed by atoms with Crippen LogP contribution in [0.15, 0.2) is 97.1 Å². The van der Waals surface area contributed by atoms with E-state index in [2.05, 4.69) is 111 Å². The zero-order valence-corrected chi connectivity index (χ0v) is 18.7. The number of benzene rings is 4. The molecule has 0 fully saturated rings. The minimum atomic E-state index is 1.01. The Morgan fingerprint density at radius 3 is 2.00 bits per heavy atom. The molecule has 0 aromatic heterocycles. The van der Waals surface area contributed by atoms with E-state index in [1.807, 2.05) is 0 Å². The van der Waals surface area contributed by atoms with Crippen molar-refractivity contribution < 1.29 is 0 Å². The van der Waals surface area contributed by atoms with Gasteiger partial charge in [-0.2, -0.15) is 0 Å². The summed E-state index contributed by atoms with van der Waals surface area (Å²) in [7, 11) is 0. The van der Waals surface area contributed by atoms with Gasteiger partial charge in [0.25, 0.3) is 0 Å². The van der Waals surface area contributed by atoms with Crippen molar-refractivity contribution in [1.82, 2.24) is 0 Å². The smallest absolute Gasteiger partial charge is 0.000697 e. The molecule has 0 atom stereocenters. The predicted octanol–water partition coefficient (Wildman–Crippen LogP) is 8.55. The van der Waals surface area contributed by atoms with Gasteiger partial charge in [-0.15, -0.1) is 0 Å². The van der Waals surface area contributed by atoms with Crippen LogP contribution >= 0.6 is 0 Å². The number of allylic oxidation sites excluding steroid dienone is 4. The maximum atomic E-state index is 2.38. The molecule has 0 bridgehead atoms. The van der Waals surface area contributed by atoms with Crippen molar-refractivity contribution in [3.8, 4) is 33.4 Å². The van der Waals surface area contributed by atoms with Gasteiger partial charge in [-0.25, -0.2) is 0 Å². The zero-order chi connectivity index (χ0) is 21.7. The van der Waals surface area contributed by atoms with Crippen molar-refractivity contribution in [3.05, 3.63) is 125 Å². The minimum absolute atomic E-state index is 1.01. The highest BCUT2D eigenvalue weighted by Gasteiger charge is 2.31. The Kier molecular flexibility index (Phi) is 4.47. The largest absolute Gasteiger partial charge is 0.0801 e. The summed E-state index contributed by atoms with van der Waals surface area (Å²) >= 11 is 0. The Hall–Kier alpha value is -3.64. The van der Waals surface area contributed by atoms with Crippen LogP contribution in [-0.2, 0) is 6.42 Å². The molecule has 0 spiro atoms. The summed E-state index contributed by atoms with van der Waals surface area (Å²) in [6.07, 6.45) is 8.82. The molecule has 0 amide bonds. The highest BCUT2D eigenvalue weighted by Crippen LogP contribution is 2.52. The quantitative estimate of drug-likeness (QED) is 0.279. The van der Waals surface area contributed by atoms with Crippen LogP contribution in [0, 0.1) is 13.8 Å². The second-order valence-electron chi connectivity index (χ2n) is 9.00. The van der Waals surface area contributed by atoms with E-state index >= 15 is 0 Å². The topological polar surface area (TPSA) is 0 Å². The van der Waals surface area contributed by atoms with Crippen molar-refractivity contribution in [2.24, 2.45) is 0 Å². The molecule has 2 aliphatic rings. The molecule has 32 heavy (non-hydrogen) atoms. The maximum Gasteiger partial charge on any atom is -0.000697 e. The fourth-order valence-corrected chi connectivity index (χ4v) is 5.64. The van der Waals surface area contributed by atoms with Crippen molar-refractivity contribution in [2.75, 3.05) is 0 Å². The monoisotopic (exact) mass is 410 g/mol. The second-order valence-corrected chi connectivity index (χ2v) is 9.00. The van der Waals surface area contributed by atoms with Crippen LogP contribution in [0.5, 0.6) is 0 Å². The van der Waals surface area contributed by atoms with E-state index in [1.165, 1.54) is 66.8 Å². The minimum Gasteiger partial charge on any atom is -0.0801 e. The third kappa shape index (κ3) is 2.91. The van der Waals surface area contributed by atoms with E-state index in [0.29, 0.717) is 0 Å². The Morgan fingerprint density at radius 1 is 0.656 bits per heavy atom. The molecule has 0 aliphatic heterocycles. The van der Waals surface area contributed by atoms with E-state index in [0.717, 1.165) is 12.8 Å². The third-order valence-electron chi connectivity index (χ3n) is 6.97. The highest BCUT2D eigenvalue weighted by atomic mass is 14.3. The Balaban J connectivity index is 1.79. The molecule has 2 aliphatic carbocycles. The van der Waals surface area contributed by atoms with Crippen LogP contribution < -0.4 is 0 Å². The SMILES string of the molecule is Cc1ccc2c(c1)Cc1c(C3=CC=CC3)c(C)c(-c3ccccc3)c(-c3ccccc3)c1-2. The first kappa shape index (κ1) is 19.1. The summed E-state index contributed by atoms with van der Waals surface area (Å²) in [6.45, 7) is 4.53. The van der Waals surface area contributed by atoms with Gasteiger partial charge in [0, 0.05) is 0 Å². The van der Waals surface area contributed by atoms with Crippen molar-refractivity contribution in [1.29, 1.82) is 0 Å². The van der Waals surface area contributed by atoms with Gasteiger partial charge in [0.1, 0.15) is 0 Å². The van der Waals surface area contributed by atoms with Gasteiger partial charge in [-0.1, -0.05) is 103 Å². The molecule has 0 heterocycles. The Bertz CT molecular complexity index is 1400. The zero-order valence-electron chi connectivity index (χ0n) is 18.7. The number of aryl methyl sites for hydroxylation is 1. The molecule has 4 aromatic carbocycles. The first-order valence-corrected chi connectivity index (χ1v) is 11.5. The predicted molar refractivity (Wildman–Crippen MR) is 137 cm³/mol. The van der Waals surface area contributed by atoms with Crippen LogP contribution in [-0.4, -0.2) is 0 Å². The average Bonchev–Trinajstić information content (AvgIpc) is 3.47. The van der Waals surface area contributed by atoms with Crippen LogP contribution in [0.3, 0.4) is 0 Å². The summed E-state index contributed by atoms with van der Waals surface area (Å²) in [5.74, 6) is 0. The van der Waals surface area contributed by atoms with Crippen molar-refractivity contribution >= 4 is 5.57 Å². The van der Waals surface area contributed by atoms with Crippen LogP contribution in [0.2, 0.25) is 0 Å². The van der Waals surface area contributed by atoms with Gasteiger partial charge < -0.3 is 0 Å². The molecule has 6 rings (SSSR count). The summed E-state index contributed by atoms with van der Waals surface area (Å²) in [5, 5.41) is 0. The van der Waals surface area contributed by atoms with Crippen molar-refractivity contribution in [3.63, 3.8) is 0 Å². The van der Waals surface area contributed by atoms with Gasteiger partial charge >= 0.3 is 0 Å². The summed E-state index contributed by atoms with van der Waals surface area (Å²) < 4.78 is 0. The van der Waals surface area contributed by atoms with Crippen LogP contribution in [0.25, 0.3) is 39.0 Å². The first-order valence-electron chi connectivity index (χ1n) is 11.5. The lowest BCUT2D eigenvalue weighted by atomic mass is 9.79. The molecule has 0 saturated heterocycles. The van der Waals surface area contributed by atoms with E-state index < -0.39 is 0 Å². The van der Waals surface area contributed by atoms with Crippen molar-refractivity contribution in [2.45, 2.75) is 26.7 Å². The molecule has 0 N–H and O–H groups in total. The van der Waals surface area contributed by atoms with Gasteiger partial charge in [-0.3, -0.25) is 0 Å². The molecule has 0 saturated carbocycles. The third-order valence-corrected chi connectivity index (χ3v) is 6.97. The van der Waals surface area contributed by atoms with E-state index in [-0.39, 0.29) is 0 Å². The summed E-state index contributed by atoms with van der Waals surface area (Å²) in [5.41, 5.74) is 16.7. The Morgan fingerprint density at radius 2 is 1.34 bits per heavy atom. The van der Waals surface area contributed by atoms with Gasteiger partial charge in [0.05, 0.1) is 0 Å². The molecule has 154 valence electrons. The number of hydrogen-bond acceptors (Lipinski definition) is 0. The lowest BCUT2D eigenvalue weighted by Gasteiger charge is -2.24. The molecule has 4 aromatic rings. The Labute approximate surface area is 190 Å². The van der Waals surface area contributed by atoms with E-state index in [4.69, 9.17) is 0 Å². The lowest BCUT2D eigenvalue weighted by molar-refractivity contribution is 1.21. The summed E-state index contributed by atoms with van der Waals surface area (Å²) in [6, 6.07) is 28.9. The molecule has 0 heteroatoms. The van der Waals surface area contributed by atoms with E-state index in [1.54, 1.807) is 0 Å². The molecule has 0 nitrogen and oxygen atoms in total. The fraction of sp³-hybridized carbons (Fsp3) is 0.125. The summed E-state index contributed by atoms with van der Waals surface area (Å²) in [4.78, 5) is 0. The first-order chi connectivity index (χ1) is 15.7. The fourth-order valence-electron chi connectivity index (χ4n) is 5.64. The van der Waals surface area contributed by atoms with E-state index in [9.17, 15) is 0 Å². The molecular formula is C32H26.